The maximum atomic E-state index is 12.5. The first kappa shape index (κ1) is 19.4. The van der Waals surface area contributed by atoms with Crippen molar-refractivity contribution in [2.45, 2.75) is 47.1 Å². The zero-order chi connectivity index (χ0) is 18.7. The van der Waals surface area contributed by atoms with E-state index >= 15 is 0 Å². The summed E-state index contributed by atoms with van der Waals surface area (Å²) >= 11 is 1.18. The molecular formula is C18H25N3O3S. The van der Waals surface area contributed by atoms with Gasteiger partial charge in [0, 0.05) is 18.7 Å². The average Bonchev–Trinajstić information content (AvgIpc) is 2.76. The van der Waals surface area contributed by atoms with Gasteiger partial charge in [0.05, 0.1) is 10.6 Å². The van der Waals surface area contributed by atoms with Gasteiger partial charge in [-0.3, -0.25) is 14.9 Å². The van der Waals surface area contributed by atoms with E-state index in [4.69, 9.17) is 0 Å². The second-order valence-electron chi connectivity index (χ2n) is 7.23. The summed E-state index contributed by atoms with van der Waals surface area (Å²) in [5, 5.41) is 11.7. The van der Waals surface area contributed by atoms with Gasteiger partial charge in [-0.1, -0.05) is 27.7 Å². The van der Waals surface area contributed by atoms with Gasteiger partial charge in [-0.25, -0.2) is 4.99 Å². The van der Waals surface area contributed by atoms with E-state index < -0.39 is 4.92 Å². The van der Waals surface area contributed by atoms with Gasteiger partial charge >= 0.3 is 0 Å². The Bertz CT molecular complexity index is 701. The number of rotatable bonds is 6. The zero-order valence-corrected chi connectivity index (χ0v) is 16.2. The van der Waals surface area contributed by atoms with Crippen molar-refractivity contribution in [2.75, 3.05) is 6.54 Å². The first-order chi connectivity index (χ1) is 11.7. The molecule has 0 aliphatic carbocycles. The molecule has 0 saturated carbocycles. The van der Waals surface area contributed by atoms with Gasteiger partial charge in [-0.15, -0.1) is 0 Å². The van der Waals surface area contributed by atoms with Crippen molar-refractivity contribution in [2.24, 2.45) is 16.8 Å². The minimum absolute atomic E-state index is 0.0494. The van der Waals surface area contributed by atoms with Crippen LogP contribution >= 0.6 is 11.8 Å². The average molecular weight is 363 g/mol. The Hall–Kier alpha value is -1.89. The summed E-state index contributed by atoms with van der Waals surface area (Å²) < 4.78 is 0. The molecule has 0 spiro atoms. The first-order valence-corrected chi connectivity index (χ1v) is 9.32. The van der Waals surface area contributed by atoms with Gasteiger partial charge in [0.25, 0.3) is 5.69 Å². The topological polar surface area (TPSA) is 75.8 Å². The Morgan fingerprint density at radius 2 is 1.96 bits per heavy atom. The second-order valence-corrected chi connectivity index (χ2v) is 8.21. The van der Waals surface area contributed by atoms with E-state index in [0.29, 0.717) is 22.7 Å². The van der Waals surface area contributed by atoms with Gasteiger partial charge in [0.2, 0.25) is 5.12 Å². The zero-order valence-electron chi connectivity index (χ0n) is 15.4. The van der Waals surface area contributed by atoms with E-state index in [-0.39, 0.29) is 16.8 Å². The van der Waals surface area contributed by atoms with Crippen LogP contribution in [0.3, 0.4) is 0 Å². The number of hydrogen-bond acceptors (Lipinski definition) is 5. The van der Waals surface area contributed by atoms with E-state index in [9.17, 15) is 14.9 Å². The van der Waals surface area contributed by atoms with Crippen LogP contribution in [0, 0.1) is 28.9 Å². The van der Waals surface area contributed by atoms with Crippen LogP contribution in [0.4, 0.5) is 11.4 Å². The molecule has 1 atom stereocenters. The second kappa shape index (κ2) is 7.99. The highest BCUT2D eigenvalue weighted by Crippen LogP contribution is 2.33. The van der Waals surface area contributed by atoms with Gasteiger partial charge in [0.15, 0.2) is 5.17 Å². The highest BCUT2D eigenvalue weighted by molar-refractivity contribution is 8.26. The molecule has 136 valence electrons. The maximum Gasteiger partial charge on any atom is 0.269 e. The molecule has 1 heterocycles. The summed E-state index contributed by atoms with van der Waals surface area (Å²) in [5.74, 6) is 0.828. The van der Waals surface area contributed by atoms with Crippen molar-refractivity contribution >= 4 is 33.4 Å². The minimum Gasteiger partial charge on any atom is -0.340 e. The Balaban J connectivity index is 2.36. The number of aryl methyl sites for hydroxylation is 1. The molecule has 7 heteroatoms. The van der Waals surface area contributed by atoms with Crippen LogP contribution in [0.5, 0.6) is 0 Å². The molecule has 1 aromatic rings. The molecule has 2 rings (SSSR count). The van der Waals surface area contributed by atoms with Crippen molar-refractivity contribution in [3.8, 4) is 0 Å². The normalized spacial score (nSPS) is 19.5. The summed E-state index contributed by atoms with van der Waals surface area (Å²) in [6.45, 7) is 11.0. The smallest absolute Gasteiger partial charge is 0.269 e. The third-order valence-electron chi connectivity index (χ3n) is 3.95. The molecular weight excluding hydrogens is 338 g/mol. The minimum atomic E-state index is -0.415. The van der Waals surface area contributed by atoms with Crippen LogP contribution in [0.25, 0.3) is 0 Å². The summed E-state index contributed by atoms with van der Waals surface area (Å²) in [5.41, 5.74) is 1.44. The van der Waals surface area contributed by atoms with Crippen molar-refractivity contribution in [3.05, 3.63) is 33.9 Å². The van der Waals surface area contributed by atoms with Crippen LogP contribution < -0.4 is 0 Å². The number of aliphatic imine (C=N–C) groups is 1. The number of carbonyl (C=O) groups is 1. The fourth-order valence-corrected chi connectivity index (χ4v) is 3.82. The van der Waals surface area contributed by atoms with E-state index in [1.807, 2.05) is 0 Å². The molecule has 0 N–H and O–H groups in total. The number of hydrogen-bond donors (Lipinski definition) is 0. The number of nitrogens with zero attached hydrogens (tertiary/aromatic N) is 3. The lowest BCUT2D eigenvalue weighted by Crippen LogP contribution is -2.39. The molecule has 0 amide bonds. The SMILES string of the molecule is Cc1cc([N+](=O)[O-])ccc1/N=C1\SC(=O)[C@H](CC(C)C)N1CC(C)C. The van der Waals surface area contributed by atoms with Crippen LogP contribution in [0.15, 0.2) is 23.2 Å². The highest BCUT2D eigenvalue weighted by Gasteiger charge is 2.38. The van der Waals surface area contributed by atoms with Crippen LogP contribution in [0.1, 0.15) is 39.7 Å². The lowest BCUT2D eigenvalue weighted by Gasteiger charge is -2.27. The monoisotopic (exact) mass is 363 g/mol. The van der Waals surface area contributed by atoms with Crippen LogP contribution in [-0.2, 0) is 4.79 Å². The van der Waals surface area contributed by atoms with Crippen molar-refractivity contribution in [3.63, 3.8) is 0 Å². The molecule has 1 aliphatic heterocycles. The summed E-state index contributed by atoms with van der Waals surface area (Å²) in [7, 11) is 0. The standard InChI is InChI=1S/C18H25N3O3S/c1-11(2)8-16-17(22)25-18(20(16)10-12(3)4)19-15-7-6-14(21(23)24)9-13(15)5/h6-7,9,11-12,16H,8,10H2,1-5H3/b19-18-/t16-/m0/s1. The van der Waals surface area contributed by atoms with E-state index in [2.05, 4.69) is 37.6 Å². The molecule has 25 heavy (non-hydrogen) atoms. The molecule has 1 aliphatic rings. The van der Waals surface area contributed by atoms with E-state index in [0.717, 1.165) is 18.5 Å². The first-order valence-electron chi connectivity index (χ1n) is 8.51. The number of nitro benzene ring substituents is 1. The Morgan fingerprint density at radius 1 is 1.28 bits per heavy atom. The predicted octanol–water partition coefficient (Wildman–Crippen LogP) is 4.54. The molecule has 0 radical (unpaired) electrons. The van der Waals surface area contributed by atoms with Gasteiger partial charge in [-0.05, 0) is 48.6 Å². The highest BCUT2D eigenvalue weighted by atomic mass is 32.2. The fraction of sp³-hybridized carbons (Fsp3) is 0.556. The lowest BCUT2D eigenvalue weighted by molar-refractivity contribution is -0.384. The van der Waals surface area contributed by atoms with Crippen molar-refractivity contribution in [1.82, 2.24) is 4.90 Å². The number of carbonyl (C=O) groups excluding carboxylic acids is 1. The Morgan fingerprint density at radius 3 is 2.48 bits per heavy atom. The summed E-state index contributed by atoms with van der Waals surface area (Å²) in [6.07, 6.45) is 0.802. The van der Waals surface area contributed by atoms with E-state index in [1.165, 1.54) is 23.9 Å². The number of amidine groups is 1. The summed E-state index contributed by atoms with van der Waals surface area (Å²) in [4.78, 5) is 29.7. The molecule has 0 bridgehead atoms. The van der Waals surface area contributed by atoms with Crippen molar-refractivity contribution in [1.29, 1.82) is 0 Å². The quantitative estimate of drug-likeness (QED) is 0.548. The molecule has 1 aromatic carbocycles. The lowest BCUT2D eigenvalue weighted by atomic mass is 10.0. The maximum absolute atomic E-state index is 12.5. The fourth-order valence-electron chi connectivity index (χ4n) is 2.81. The number of benzene rings is 1. The number of thioether (sulfide) groups is 1. The van der Waals surface area contributed by atoms with Gasteiger partial charge in [0.1, 0.15) is 6.04 Å². The van der Waals surface area contributed by atoms with Gasteiger partial charge in [-0.2, -0.15) is 0 Å². The molecule has 6 nitrogen and oxygen atoms in total. The summed E-state index contributed by atoms with van der Waals surface area (Å²) in [6, 6.07) is 4.46. The van der Waals surface area contributed by atoms with Crippen LogP contribution in [-0.4, -0.2) is 32.7 Å². The Kier molecular flexibility index (Phi) is 6.21. The van der Waals surface area contributed by atoms with E-state index in [1.54, 1.807) is 13.0 Å². The third kappa shape index (κ3) is 4.81. The van der Waals surface area contributed by atoms with Crippen molar-refractivity contribution < 1.29 is 9.72 Å². The molecule has 1 fully saturated rings. The predicted molar refractivity (Wildman–Crippen MR) is 102 cm³/mol. The Labute approximate surface area is 152 Å². The van der Waals surface area contributed by atoms with Crippen LogP contribution in [0.2, 0.25) is 0 Å². The molecule has 1 saturated heterocycles. The third-order valence-corrected chi connectivity index (χ3v) is 4.93. The number of nitro groups is 1. The molecule has 0 unspecified atom stereocenters. The number of non-ortho nitro benzene ring substituents is 1. The largest absolute Gasteiger partial charge is 0.340 e. The van der Waals surface area contributed by atoms with Gasteiger partial charge < -0.3 is 4.90 Å². The molecule has 0 aromatic heterocycles.